The van der Waals surface area contributed by atoms with Crippen molar-refractivity contribution in [1.29, 1.82) is 0 Å². The molecule has 4 N–H and O–H groups in total. The van der Waals surface area contributed by atoms with E-state index in [1.54, 1.807) is 0 Å². The number of phosphoric ester groups is 1. The Kier molecular flexibility index (Phi) is 31.9. The molecular weight excluding hydrogens is 621 g/mol. The van der Waals surface area contributed by atoms with Crippen molar-refractivity contribution in [2.75, 3.05) is 26.4 Å². The van der Waals surface area contributed by atoms with E-state index < -0.39 is 45.1 Å². The monoisotopic (exact) mass is 689 g/mol. The van der Waals surface area contributed by atoms with Crippen LogP contribution in [0.1, 0.15) is 155 Å². The highest BCUT2D eigenvalue weighted by molar-refractivity contribution is 7.47. The molecule has 0 radical (unpaired) electrons. The van der Waals surface area contributed by atoms with Gasteiger partial charge >= 0.3 is 19.8 Å². The standard InChI is InChI=1S/C36H68NO9P/c1-3-5-7-9-11-13-15-17-19-21-23-25-27-29-43-30-33(31-44-47(41,42)45-32-34(37)36(39)40)46-35(38)28-26-24-22-20-18-16-14-12-10-8-6-4-2/h11-14,33-34H,3-10,15-32,37H2,1-2H3,(H,39,40)(H,41,42)/b13-11-,14-12-. The minimum Gasteiger partial charge on any atom is -0.480 e. The Morgan fingerprint density at radius 3 is 1.62 bits per heavy atom. The van der Waals surface area contributed by atoms with Crippen LogP contribution >= 0.6 is 7.82 Å². The maximum atomic E-state index is 12.5. The Hall–Kier alpha value is -1.55. The van der Waals surface area contributed by atoms with Gasteiger partial charge in [-0.1, -0.05) is 109 Å². The van der Waals surface area contributed by atoms with E-state index >= 15 is 0 Å². The van der Waals surface area contributed by atoms with E-state index in [1.165, 1.54) is 64.2 Å². The fraction of sp³-hybridized carbons (Fsp3) is 0.833. The molecule has 3 unspecified atom stereocenters. The molecule has 47 heavy (non-hydrogen) atoms. The van der Waals surface area contributed by atoms with E-state index in [0.717, 1.165) is 64.2 Å². The first kappa shape index (κ1) is 45.5. The number of phosphoric acid groups is 1. The Labute approximate surface area is 285 Å². The minimum atomic E-state index is -4.61. The number of unbranched alkanes of at least 4 members (excludes halogenated alkanes) is 17. The highest BCUT2D eigenvalue weighted by atomic mass is 31.2. The molecule has 0 spiro atoms. The number of hydrogen-bond acceptors (Lipinski definition) is 8. The number of aliphatic carboxylic acids is 1. The van der Waals surface area contributed by atoms with Gasteiger partial charge in [0.15, 0.2) is 0 Å². The first-order valence-corrected chi connectivity index (χ1v) is 19.9. The van der Waals surface area contributed by atoms with Crippen molar-refractivity contribution in [1.82, 2.24) is 0 Å². The Morgan fingerprint density at radius 2 is 1.11 bits per heavy atom. The van der Waals surface area contributed by atoms with Gasteiger partial charge in [-0.2, -0.15) is 0 Å². The lowest BCUT2D eigenvalue weighted by Gasteiger charge is -2.20. The van der Waals surface area contributed by atoms with Gasteiger partial charge in [0.2, 0.25) is 0 Å². The molecule has 3 atom stereocenters. The average Bonchev–Trinajstić information content (AvgIpc) is 3.04. The van der Waals surface area contributed by atoms with E-state index in [4.69, 9.17) is 24.8 Å². The third-order valence-electron chi connectivity index (χ3n) is 7.70. The number of carboxylic acid groups (broad SMARTS) is 1. The highest BCUT2D eigenvalue weighted by Crippen LogP contribution is 2.43. The van der Waals surface area contributed by atoms with Crippen molar-refractivity contribution in [3.05, 3.63) is 24.3 Å². The molecule has 0 aromatic rings. The summed E-state index contributed by atoms with van der Waals surface area (Å²) in [6, 6.07) is -1.47. The van der Waals surface area contributed by atoms with Crippen LogP contribution in [0.4, 0.5) is 0 Å². The molecule has 0 aliphatic rings. The second-order valence-corrected chi connectivity index (χ2v) is 13.8. The normalized spacial score (nSPS) is 14.5. The predicted octanol–water partition coefficient (Wildman–Crippen LogP) is 9.19. The molecule has 0 aromatic heterocycles. The third-order valence-corrected chi connectivity index (χ3v) is 8.65. The zero-order valence-electron chi connectivity index (χ0n) is 29.6. The van der Waals surface area contributed by atoms with Crippen molar-refractivity contribution in [3.63, 3.8) is 0 Å². The van der Waals surface area contributed by atoms with Crippen molar-refractivity contribution in [3.8, 4) is 0 Å². The summed E-state index contributed by atoms with van der Waals surface area (Å²) < 4.78 is 33.1. The van der Waals surface area contributed by atoms with Crippen LogP contribution in [0.2, 0.25) is 0 Å². The number of carbonyl (C=O) groups is 2. The van der Waals surface area contributed by atoms with Crippen molar-refractivity contribution in [2.24, 2.45) is 5.73 Å². The van der Waals surface area contributed by atoms with Gasteiger partial charge in [0.1, 0.15) is 12.1 Å². The van der Waals surface area contributed by atoms with Crippen LogP contribution < -0.4 is 5.73 Å². The molecule has 0 aliphatic heterocycles. The Balaban J connectivity index is 4.35. The second-order valence-electron chi connectivity index (χ2n) is 12.3. The van der Waals surface area contributed by atoms with Gasteiger partial charge in [-0.05, 0) is 64.2 Å². The average molecular weight is 690 g/mol. The Bertz CT molecular complexity index is 852. The first-order valence-electron chi connectivity index (χ1n) is 18.4. The minimum absolute atomic E-state index is 0.0108. The van der Waals surface area contributed by atoms with Gasteiger partial charge in [-0.15, -0.1) is 0 Å². The number of carboxylic acids is 1. The van der Waals surface area contributed by atoms with Gasteiger partial charge in [0.25, 0.3) is 0 Å². The molecule has 0 saturated heterocycles. The first-order chi connectivity index (χ1) is 22.7. The topological polar surface area (TPSA) is 155 Å². The van der Waals surface area contributed by atoms with Crippen LogP contribution in [0.15, 0.2) is 24.3 Å². The SMILES string of the molecule is CCCCC/C=C\CCCCCCCCOCC(COP(=O)(O)OCC(N)C(=O)O)OC(=O)CCCCCCC/C=C\CCCCC. The number of nitrogens with two attached hydrogens (primary N) is 1. The number of rotatable bonds is 35. The number of hydrogen-bond donors (Lipinski definition) is 3. The highest BCUT2D eigenvalue weighted by Gasteiger charge is 2.27. The van der Waals surface area contributed by atoms with Crippen LogP contribution in [-0.2, 0) is 32.7 Å². The fourth-order valence-corrected chi connectivity index (χ4v) is 5.55. The summed E-state index contributed by atoms with van der Waals surface area (Å²) in [7, 11) is -4.61. The molecule has 0 saturated carbocycles. The molecule has 11 heteroatoms. The smallest absolute Gasteiger partial charge is 0.472 e. The summed E-state index contributed by atoms with van der Waals surface area (Å²) in [5.41, 5.74) is 5.33. The lowest BCUT2D eigenvalue weighted by molar-refractivity contribution is -0.154. The quantitative estimate of drug-likeness (QED) is 0.0254. The van der Waals surface area contributed by atoms with E-state index in [1.807, 2.05) is 0 Å². The Morgan fingerprint density at radius 1 is 0.660 bits per heavy atom. The van der Waals surface area contributed by atoms with E-state index in [-0.39, 0.29) is 13.0 Å². The molecule has 10 nitrogen and oxygen atoms in total. The molecule has 0 aromatic carbocycles. The number of ether oxygens (including phenoxy) is 2. The van der Waals surface area contributed by atoms with Crippen molar-refractivity contribution < 1.29 is 42.7 Å². The zero-order chi connectivity index (χ0) is 34.9. The van der Waals surface area contributed by atoms with Crippen LogP contribution in [0.5, 0.6) is 0 Å². The number of carbonyl (C=O) groups excluding carboxylic acids is 1. The van der Waals surface area contributed by atoms with Crippen LogP contribution in [0, 0.1) is 0 Å². The molecule has 0 bridgehead atoms. The van der Waals surface area contributed by atoms with E-state index in [9.17, 15) is 19.0 Å². The summed E-state index contributed by atoms with van der Waals surface area (Å²) in [4.78, 5) is 33.3. The fourth-order valence-electron chi connectivity index (χ4n) is 4.77. The van der Waals surface area contributed by atoms with Gasteiger partial charge < -0.3 is 25.2 Å². The zero-order valence-corrected chi connectivity index (χ0v) is 30.5. The largest absolute Gasteiger partial charge is 0.480 e. The van der Waals surface area contributed by atoms with E-state index in [0.29, 0.717) is 13.0 Å². The van der Waals surface area contributed by atoms with Gasteiger partial charge in [0, 0.05) is 13.0 Å². The summed E-state index contributed by atoms with van der Waals surface area (Å²) in [6.45, 7) is 3.79. The molecule has 0 amide bonds. The second kappa shape index (κ2) is 33.0. The maximum Gasteiger partial charge on any atom is 0.472 e. The number of esters is 1. The molecular formula is C36H68NO9P. The summed E-state index contributed by atoms with van der Waals surface area (Å²) in [5, 5.41) is 8.85. The van der Waals surface area contributed by atoms with Crippen LogP contribution in [0.3, 0.4) is 0 Å². The van der Waals surface area contributed by atoms with Gasteiger partial charge in [-0.3, -0.25) is 18.6 Å². The van der Waals surface area contributed by atoms with Crippen molar-refractivity contribution >= 4 is 19.8 Å². The third kappa shape index (κ3) is 32.8. The molecule has 0 aliphatic carbocycles. The maximum absolute atomic E-state index is 12.5. The van der Waals surface area contributed by atoms with Crippen LogP contribution in [0.25, 0.3) is 0 Å². The van der Waals surface area contributed by atoms with Crippen LogP contribution in [-0.4, -0.2) is 60.5 Å². The van der Waals surface area contributed by atoms with Gasteiger partial charge in [0.05, 0.1) is 19.8 Å². The van der Waals surface area contributed by atoms with Crippen molar-refractivity contribution in [2.45, 2.75) is 167 Å². The molecule has 0 rings (SSSR count). The van der Waals surface area contributed by atoms with E-state index in [2.05, 4.69) is 42.7 Å². The number of allylic oxidation sites excluding steroid dienone is 4. The summed E-state index contributed by atoms with van der Waals surface area (Å²) >= 11 is 0. The molecule has 0 heterocycles. The summed E-state index contributed by atoms with van der Waals surface area (Å²) in [6.07, 6.45) is 32.3. The lowest BCUT2D eigenvalue weighted by atomic mass is 10.1. The van der Waals surface area contributed by atoms with Gasteiger partial charge in [-0.25, -0.2) is 4.57 Å². The molecule has 276 valence electrons. The molecule has 0 fully saturated rings. The summed E-state index contributed by atoms with van der Waals surface area (Å²) in [5.74, 6) is -1.79. The lowest BCUT2D eigenvalue weighted by Crippen LogP contribution is -2.34. The predicted molar refractivity (Wildman–Crippen MR) is 189 cm³/mol.